The third kappa shape index (κ3) is 11.4. The molecule has 0 aliphatic rings. The van der Waals surface area contributed by atoms with Gasteiger partial charge < -0.3 is 24.6 Å². The van der Waals surface area contributed by atoms with Crippen LogP contribution in [-0.4, -0.2) is 59.4 Å². The molecule has 6 nitrogen and oxygen atoms in total. The summed E-state index contributed by atoms with van der Waals surface area (Å²) in [5.74, 6) is -3.31. The number of carboxylic acids is 2. The summed E-state index contributed by atoms with van der Waals surface area (Å²) in [6.07, 6.45) is 8.02. The van der Waals surface area contributed by atoms with Crippen LogP contribution in [0.2, 0.25) is 0 Å². The van der Waals surface area contributed by atoms with E-state index in [9.17, 15) is 24.9 Å². The second-order valence-electron chi connectivity index (χ2n) is 6.71. The molecule has 0 bridgehead atoms. The van der Waals surface area contributed by atoms with Crippen molar-refractivity contribution in [1.82, 2.24) is 0 Å². The van der Waals surface area contributed by atoms with Gasteiger partial charge in [0.05, 0.1) is 26.2 Å². The van der Waals surface area contributed by atoms with Crippen molar-refractivity contribution < 1.29 is 48.3 Å². The third-order valence-corrected chi connectivity index (χ3v) is 4.38. The zero-order valence-corrected chi connectivity index (χ0v) is 16.2. The first-order valence-corrected chi connectivity index (χ1v) is 8.82. The van der Waals surface area contributed by atoms with Gasteiger partial charge in [-0.25, -0.2) is 0 Å². The van der Waals surface area contributed by atoms with Crippen LogP contribution in [0.15, 0.2) is 12.2 Å². The van der Waals surface area contributed by atoms with Crippen molar-refractivity contribution in [2.75, 3.05) is 32.8 Å². The smallest absolute Gasteiger partial charge is 0.550 e. The molecule has 0 fully saturated rings. The molecule has 0 aliphatic carbocycles. The summed E-state index contributed by atoms with van der Waals surface area (Å²) in [6, 6.07) is 0. The normalized spacial score (nSPS) is 16.0. The van der Waals surface area contributed by atoms with Gasteiger partial charge in [-0.1, -0.05) is 26.0 Å². The molecule has 3 atom stereocenters. The Morgan fingerprint density at radius 3 is 2.16 bits per heavy atom. The number of carbonyl (C=O) groups excluding carboxylic acids is 1. The van der Waals surface area contributed by atoms with Gasteiger partial charge >= 0.3 is 24.8 Å². The zero-order valence-electron chi connectivity index (χ0n) is 16.2. The number of hydrogen-bond acceptors (Lipinski definition) is 4. The second kappa shape index (κ2) is 14.4. The van der Waals surface area contributed by atoms with Crippen molar-refractivity contribution in [1.29, 1.82) is 0 Å². The van der Waals surface area contributed by atoms with Crippen molar-refractivity contribution in [2.45, 2.75) is 46.5 Å². The summed E-state index contributed by atoms with van der Waals surface area (Å²) >= 11 is 0. The van der Waals surface area contributed by atoms with E-state index in [-0.39, 0.29) is 32.0 Å². The van der Waals surface area contributed by atoms with Crippen LogP contribution in [0.5, 0.6) is 0 Å². The molecule has 0 aromatic heterocycles. The number of hydrogen-bond donors (Lipinski definition) is 2. The number of carboxylic acid groups (broad SMARTS) is 2. The van der Waals surface area contributed by atoms with E-state index >= 15 is 0 Å². The van der Waals surface area contributed by atoms with Gasteiger partial charge in [0.15, 0.2) is 0 Å². The fourth-order valence-electron chi connectivity index (χ4n) is 3.07. The van der Waals surface area contributed by atoms with Gasteiger partial charge in [0.1, 0.15) is 12.5 Å². The molecule has 7 heteroatoms. The number of nitrogens with zero attached hydrogens (tertiary/aromatic N) is 1. The first kappa shape index (κ1) is 26.4. The first-order valence-electron chi connectivity index (χ1n) is 8.82. The molecule has 3 unspecified atom stereocenters. The zero-order chi connectivity index (χ0) is 18.6. The number of aliphatic carboxylic acids is 2. The van der Waals surface area contributed by atoms with Gasteiger partial charge in [-0.05, 0) is 32.6 Å². The maximum absolute atomic E-state index is 11.2. The molecule has 0 saturated heterocycles. The van der Waals surface area contributed by atoms with Crippen LogP contribution < -0.4 is 24.0 Å². The molecule has 0 rings (SSSR count). The summed E-state index contributed by atoms with van der Waals surface area (Å²) in [6.45, 7) is 6.81. The van der Waals surface area contributed by atoms with Crippen LogP contribution in [0.3, 0.4) is 0 Å². The quantitative estimate of drug-likeness (QED) is 0.164. The van der Waals surface area contributed by atoms with Crippen LogP contribution in [0.4, 0.5) is 0 Å². The molecule has 0 amide bonds. The number of rotatable bonds is 14. The molecule has 0 aliphatic heterocycles. The van der Waals surface area contributed by atoms with Crippen molar-refractivity contribution in [3.63, 3.8) is 0 Å². The van der Waals surface area contributed by atoms with E-state index < -0.39 is 23.8 Å². The molecule has 0 aromatic carbocycles. The summed E-state index contributed by atoms with van der Waals surface area (Å²) in [4.78, 5) is 22.4. The molecule has 2 N–H and O–H groups in total. The van der Waals surface area contributed by atoms with E-state index in [1.165, 1.54) is 0 Å². The Labute approximate surface area is 163 Å². The van der Waals surface area contributed by atoms with E-state index in [2.05, 4.69) is 19.1 Å². The fourth-order valence-corrected chi connectivity index (χ4v) is 3.07. The van der Waals surface area contributed by atoms with E-state index in [1.807, 2.05) is 0 Å². The molecule has 140 valence electrons. The van der Waals surface area contributed by atoms with Crippen molar-refractivity contribution in [3.8, 4) is 0 Å². The number of unbranched alkanes of at least 4 members (excludes halogenated alkanes) is 2. The molecule has 25 heavy (non-hydrogen) atoms. The Morgan fingerprint density at radius 2 is 1.68 bits per heavy atom. The summed E-state index contributed by atoms with van der Waals surface area (Å²) in [7, 11) is 0. The van der Waals surface area contributed by atoms with Crippen LogP contribution >= 0.6 is 0 Å². The molecule has 0 saturated carbocycles. The van der Waals surface area contributed by atoms with E-state index in [0.29, 0.717) is 24.1 Å². The topological polar surface area (TPSA) is 97.7 Å². The van der Waals surface area contributed by atoms with Gasteiger partial charge in [0.2, 0.25) is 0 Å². The van der Waals surface area contributed by atoms with Crippen LogP contribution in [-0.2, 0) is 9.59 Å². The largest absolute Gasteiger partial charge is 1.00 e. The average molecular weight is 350 g/mol. The third-order valence-electron chi connectivity index (χ3n) is 4.38. The molecule has 0 radical (unpaired) electrons. The van der Waals surface area contributed by atoms with E-state index in [1.54, 1.807) is 13.8 Å². The molecule has 0 aromatic rings. The van der Waals surface area contributed by atoms with Crippen LogP contribution in [0.1, 0.15) is 46.5 Å². The number of aliphatic hydroxyl groups is 1. The molecular formula is C18H33LiNO5+. The Hall–Kier alpha value is -0.803. The minimum absolute atomic E-state index is 0. The number of allylic oxidation sites excluding steroid dienone is 2. The van der Waals surface area contributed by atoms with Gasteiger partial charge in [-0.15, -0.1) is 0 Å². The maximum atomic E-state index is 11.2. The van der Waals surface area contributed by atoms with Gasteiger partial charge in [0.25, 0.3) is 0 Å². The summed E-state index contributed by atoms with van der Waals surface area (Å²) in [5, 5.41) is 29.8. The Balaban J connectivity index is 0. The molecule has 0 spiro atoms. The standard InChI is InChI=1S/C18H33NO5.Li/c1-4-5-6-7-8-9-10-19(11-12-20,13-15(2)17(21)22)14-16(3)18(23)24;/h5-6,15-16,20H,4,7-14H2,1-3H3,(H-,21,22,23,24);/q;+1/b6-5+;. The minimum Gasteiger partial charge on any atom is -0.550 e. The Kier molecular flexibility index (Phi) is 15.2. The number of aliphatic hydroxyl groups excluding tert-OH is 1. The van der Waals surface area contributed by atoms with Gasteiger partial charge in [0, 0.05) is 11.9 Å². The first-order chi connectivity index (χ1) is 11.3. The van der Waals surface area contributed by atoms with Crippen molar-refractivity contribution >= 4 is 11.9 Å². The van der Waals surface area contributed by atoms with Crippen molar-refractivity contribution in [2.24, 2.45) is 11.8 Å². The minimum atomic E-state index is -1.13. The van der Waals surface area contributed by atoms with Crippen LogP contribution in [0, 0.1) is 11.8 Å². The summed E-state index contributed by atoms with van der Waals surface area (Å²) in [5.41, 5.74) is 0. The molecular weight excluding hydrogens is 317 g/mol. The number of carbonyl (C=O) groups is 2. The monoisotopic (exact) mass is 350 g/mol. The molecule has 0 heterocycles. The SMILES string of the molecule is CC/C=C/CCCC[N+](CCO)(CC(C)C(=O)[O-])CC(C)C(=O)O.[Li+]. The van der Waals surface area contributed by atoms with Crippen molar-refractivity contribution in [3.05, 3.63) is 12.2 Å². The van der Waals surface area contributed by atoms with Gasteiger partial charge in [-0.2, -0.15) is 0 Å². The van der Waals surface area contributed by atoms with Crippen LogP contribution in [0.25, 0.3) is 0 Å². The summed E-state index contributed by atoms with van der Waals surface area (Å²) < 4.78 is 0.302. The Morgan fingerprint density at radius 1 is 1.08 bits per heavy atom. The predicted molar refractivity (Wildman–Crippen MR) is 91.1 cm³/mol. The maximum Gasteiger partial charge on any atom is 1.00 e. The number of quaternary nitrogens is 1. The van der Waals surface area contributed by atoms with Gasteiger partial charge in [-0.3, -0.25) is 4.79 Å². The second-order valence-corrected chi connectivity index (χ2v) is 6.71. The predicted octanol–water partition coefficient (Wildman–Crippen LogP) is -1.96. The fraction of sp³-hybridized carbons (Fsp3) is 0.778. The van der Waals surface area contributed by atoms with E-state index in [4.69, 9.17) is 0 Å². The average Bonchev–Trinajstić information content (AvgIpc) is 2.50. The van der Waals surface area contributed by atoms with E-state index in [0.717, 1.165) is 25.7 Å². The Bertz CT molecular complexity index is 392.